The number of piperidine rings is 1. The molecule has 2 atom stereocenters. The summed E-state index contributed by atoms with van der Waals surface area (Å²) in [6.45, 7) is 8.42. The molecule has 0 N–H and O–H groups in total. The van der Waals surface area contributed by atoms with Gasteiger partial charge in [0.15, 0.2) is 5.78 Å². The van der Waals surface area contributed by atoms with Gasteiger partial charge in [-0.2, -0.15) is 0 Å². The second-order valence-electron chi connectivity index (χ2n) is 7.14. The van der Waals surface area contributed by atoms with Crippen LogP contribution < -0.4 is 0 Å². The standard InChI is InChI=1S/C16H25NO3/c1-12-11-16(7-5-13(18)6-8-16)9-10-17(12)14(19)20-15(2,3)4/h5,7,12H,6,8-11H2,1-4H3. The maximum atomic E-state index is 12.2. The summed E-state index contributed by atoms with van der Waals surface area (Å²) < 4.78 is 5.46. The van der Waals surface area contributed by atoms with Crippen LogP contribution in [0, 0.1) is 5.41 Å². The van der Waals surface area contributed by atoms with Crippen LogP contribution in [0.5, 0.6) is 0 Å². The van der Waals surface area contributed by atoms with Gasteiger partial charge in [0.25, 0.3) is 0 Å². The quantitative estimate of drug-likeness (QED) is 0.683. The minimum Gasteiger partial charge on any atom is -0.444 e. The van der Waals surface area contributed by atoms with Crippen molar-refractivity contribution in [2.45, 2.75) is 65.0 Å². The maximum absolute atomic E-state index is 12.2. The first kappa shape index (κ1) is 15.1. The zero-order valence-electron chi connectivity index (χ0n) is 12.9. The second-order valence-corrected chi connectivity index (χ2v) is 7.14. The number of ketones is 1. The molecule has 1 aliphatic carbocycles. The molecule has 4 heteroatoms. The molecule has 0 bridgehead atoms. The van der Waals surface area contributed by atoms with Gasteiger partial charge < -0.3 is 9.64 Å². The van der Waals surface area contributed by atoms with Crippen LogP contribution in [-0.4, -0.2) is 35.0 Å². The Morgan fingerprint density at radius 1 is 1.40 bits per heavy atom. The highest BCUT2D eigenvalue weighted by atomic mass is 16.6. The van der Waals surface area contributed by atoms with Gasteiger partial charge in [-0.3, -0.25) is 4.79 Å². The lowest BCUT2D eigenvalue weighted by Gasteiger charge is -2.45. The number of carbonyl (C=O) groups is 2. The third-order valence-electron chi connectivity index (χ3n) is 4.20. The van der Waals surface area contributed by atoms with Gasteiger partial charge in [0.2, 0.25) is 0 Å². The van der Waals surface area contributed by atoms with Crippen LogP contribution in [0.15, 0.2) is 12.2 Å². The smallest absolute Gasteiger partial charge is 0.410 e. The number of carbonyl (C=O) groups excluding carboxylic acids is 2. The van der Waals surface area contributed by atoms with E-state index in [2.05, 4.69) is 13.0 Å². The molecule has 2 aliphatic rings. The normalized spacial score (nSPS) is 30.7. The van der Waals surface area contributed by atoms with Crippen LogP contribution in [0.25, 0.3) is 0 Å². The summed E-state index contributed by atoms with van der Waals surface area (Å²) in [6, 6.07) is 0.149. The van der Waals surface area contributed by atoms with Crippen molar-refractivity contribution in [3.8, 4) is 0 Å². The fraction of sp³-hybridized carbons (Fsp3) is 0.750. The van der Waals surface area contributed by atoms with Crippen LogP contribution >= 0.6 is 0 Å². The average Bonchev–Trinajstić information content (AvgIpc) is 2.31. The number of allylic oxidation sites excluding steroid dienone is 2. The lowest BCUT2D eigenvalue weighted by Crippen LogP contribution is -2.50. The minimum absolute atomic E-state index is 0.103. The lowest BCUT2D eigenvalue weighted by molar-refractivity contribution is -0.116. The molecule has 1 spiro atoms. The van der Waals surface area contributed by atoms with Crippen molar-refractivity contribution in [1.29, 1.82) is 0 Å². The summed E-state index contributed by atoms with van der Waals surface area (Å²) in [5, 5.41) is 0. The summed E-state index contributed by atoms with van der Waals surface area (Å²) >= 11 is 0. The SMILES string of the molecule is CC1CC2(C=CC(=O)CC2)CCN1C(=O)OC(C)(C)C. The van der Waals surface area contributed by atoms with E-state index >= 15 is 0 Å². The van der Waals surface area contributed by atoms with Crippen molar-refractivity contribution >= 4 is 11.9 Å². The number of hydrogen-bond donors (Lipinski definition) is 0. The fourth-order valence-corrected chi connectivity index (χ4v) is 3.14. The third kappa shape index (κ3) is 3.41. The number of nitrogens with zero attached hydrogens (tertiary/aromatic N) is 1. The first-order chi connectivity index (χ1) is 9.21. The predicted molar refractivity (Wildman–Crippen MR) is 77.5 cm³/mol. The molecule has 0 aromatic carbocycles. The number of hydrogen-bond acceptors (Lipinski definition) is 3. The Bertz CT molecular complexity index is 435. The highest BCUT2D eigenvalue weighted by molar-refractivity contribution is 5.90. The van der Waals surface area contributed by atoms with Gasteiger partial charge in [-0.1, -0.05) is 6.08 Å². The summed E-state index contributed by atoms with van der Waals surface area (Å²) in [6.07, 6.45) is 6.94. The molecule has 1 aliphatic heterocycles. The van der Waals surface area contributed by atoms with E-state index in [1.165, 1.54) is 0 Å². The molecule has 0 radical (unpaired) electrons. The Kier molecular flexibility index (Phi) is 3.94. The molecular formula is C16H25NO3. The Balaban J connectivity index is 2.01. The third-order valence-corrected chi connectivity index (χ3v) is 4.20. The Hall–Kier alpha value is -1.32. The van der Waals surface area contributed by atoms with E-state index in [9.17, 15) is 9.59 Å². The minimum atomic E-state index is -0.455. The van der Waals surface area contributed by atoms with E-state index in [1.807, 2.05) is 25.7 Å². The molecule has 0 saturated carbocycles. The van der Waals surface area contributed by atoms with E-state index in [1.54, 1.807) is 6.08 Å². The summed E-state index contributed by atoms with van der Waals surface area (Å²) in [7, 11) is 0. The van der Waals surface area contributed by atoms with E-state index in [0.717, 1.165) is 19.3 Å². The van der Waals surface area contributed by atoms with Gasteiger partial charge >= 0.3 is 6.09 Å². The molecule has 1 amide bonds. The van der Waals surface area contributed by atoms with Crippen molar-refractivity contribution in [2.24, 2.45) is 5.41 Å². The molecule has 2 unspecified atom stereocenters. The van der Waals surface area contributed by atoms with Crippen molar-refractivity contribution in [3.05, 3.63) is 12.2 Å². The molecule has 112 valence electrons. The summed E-state index contributed by atoms with van der Waals surface area (Å²) in [5.41, 5.74) is -0.352. The van der Waals surface area contributed by atoms with Gasteiger partial charge in [-0.25, -0.2) is 4.79 Å². The van der Waals surface area contributed by atoms with Crippen LogP contribution in [0.1, 0.15) is 53.4 Å². The Morgan fingerprint density at radius 3 is 2.60 bits per heavy atom. The second kappa shape index (κ2) is 5.23. The van der Waals surface area contributed by atoms with Crippen molar-refractivity contribution in [2.75, 3.05) is 6.54 Å². The first-order valence-corrected chi connectivity index (χ1v) is 7.43. The van der Waals surface area contributed by atoms with E-state index in [-0.39, 0.29) is 23.3 Å². The molecule has 1 heterocycles. The Labute approximate surface area is 121 Å². The molecule has 0 aromatic rings. The summed E-state index contributed by atoms with van der Waals surface area (Å²) in [4.78, 5) is 25.3. The van der Waals surface area contributed by atoms with E-state index in [0.29, 0.717) is 13.0 Å². The van der Waals surface area contributed by atoms with Gasteiger partial charge in [-0.15, -0.1) is 0 Å². The summed E-state index contributed by atoms with van der Waals surface area (Å²) in [5.74, 6) is 0.220. The van der Waals surface area contributed by atoms with Crippen molar-refractivity contribution in [3.63, 3.8) is 0 Å². The monoisotopic (exact) mass is 279 g/mol. The van der Waals surface area contributed by atoms with Crippen molar-refractivity contribution < 1.29 is 14.3 Å². The van der Waals surface area contributed by atoms with Gasteiger partial charge in [-0.05, 0) is 58.4 Å². The average molecular weight is 279 g/mol. The lowest BCUT2D eigenvalue weighted by atomic mass is 9.70. The number of rotatable bonds is 0. The van der Waals surface area contributed by atoms with Gasteiger partial charge in [0.05, 0.1) is 0 Å². The molecule has 2 rings (SSSR count). The maximum Gasteiger partial charge on any atom is 0.410 e. The highest BCUT2D eigenvalue weighted by Gasteiger charge is 2.40. The molecule has 0 aromatic heterocycles. The fourth-order valence-electron chi connectivity index (χ4n) is 3.14. The molecule has 1 fully saturated rings. The van der Waals surface area contributed by atoms with Crippen LogP contribution in [0.2, 0.25) is 0 Å². The topological polar surface area (TPSA) is 46.6 Å². The van der Waals surface area contributed by atoms with E-state index < -0.39 is 5.60 Å². The largest absolute Gasteiger partial charge is 0.444 e. The van der Waals surface area contributed by atoms with Gasteiger partial charge in [0.1, 0.15) is 5.60 Å². The van der Waals surface area contributed by atoms with Crippen molar-refractivity contribution in [1.82, 2.24) is 4.90 Å². The van der Waals surface area contributed by atoms with Crippen LogP contribution in [-0.2, 0) is 9.53 Å². The first-order valence-electron chi connectivity index (χ1n) is 7.43. The molecule has 20 heavy (non-hydrogen) atoms. The zero-order valence-corrected chi connectivity index (χ0v) is 12.9. The molecule has 1 saturated heterocycles. The molecule has 4 nitrogen and oxygen atoms in total. The molecular weight excluding hydrogens is 254 g/mol. The number of ether oxygens (including phenoxy) is 1. The highest BCUT2D eigenvalue weighted by Crippen LogP contribution is 2.42. The van der Waals surface area contributed by atoms with Crippen LogP contribution in [0.3, 0.4) is 0 Å². The number of amides is 1. The van der Waals surface area contributed by atoms with E-state index in [4.69, 9.17) is 4.74 Å². The van der Waals surface area contributed by atoms with Crippen LogP contribution in [0.4, 0.5) is 4.79 Å². The Morgan fingerprint density at radius 2 is 2.10 bits per heavy atom. The number of likely N-dealkylation sites (tertiary alicyclic amines) is 1. The zero-order chi connectivity index (χ0) is 15.0. The predicted octanol–water partition coefficient (Wildman–Crippen LogP) is 3.31. The van der Waals surface area contributed by atoms with Gasteiger partial charge in [0, 0.05) is 19.0 Å².